The highest BCUT2D eigenvalue weighted by atomic mass is 15.4. The Morgan fingerprint density at radius 3 is 2.39 bits per heavy atom. The lowest BCUT2D eigenvalue weighted by Gasteiger charge is -2.34. The van der Waals surface area contributed by atoms with Gasteiger partial charge in [-0.2, -0.15) is 5.10 Å². The van der Waals surface area contributed by atoms with Crippen LogP contribution in [-0.2, 0) is 7.05 Å². The van der Waals surface area contributed by atoms with Crippen LogP contribution in [0.4, 0.5) is 11.5 Å². The highest BCUT2D eigenvalue weighted by Crippen LogP contribution is 2.29. The van der Waals surface area contributed by atoms with Gasteiger partial charge in [0.25, 0.3) is 0 Å². The summed E-state index contributed by atoms with van der Waals surface area (Å²) in [7, 11) is 6.27. The minimum atomic E-state index is 0.812. The highest BCUT2D eigenvalue weighted by molar-refractivity contribution is 5.66. The van der Waals surface area contributed by atoms with Crippen LogP contribution in [0.1, 0.15) is 18.5 Å². The molecule has 2 rings (SSSR count). The highest BCUT2D eigenvalue weighted by Gasteiger charge is 2.24. The zero-order chi connectivity index (χ0) is 13.3. The predicted molar refractivity (Wildman–Crippen MR) is 75.8 cm³/mol. The lowest BCUT2D eigenvalue weighted by Crippen LogP contribution is -2.38. The first-order chi connectivity index (χ1) is 8.49. The molecule has 0 bridgehead atoms. The zero-order valence-electron chi connectivity index (χ0n) is 12.0. The number of piperidine rings is 1. The van der Waals surface area contributed by atoms with Gasteiger partial charge in [0.15, 0.2) is 0 Å². The number of nitrogen functional groups attached to an aromatic ring is 1. The summed E-state index contributed by atoms with van der Waals surface area (Å²) < 4.78 is 1.91. The molecule has 102 valence electrons. The van der Waals surface area contributed by atoms with E-state index < -0.39 is 0 Å². The van der Waals surface area contributed by atoms with E-state index in [2.05, 4.69) is 29.0 Å². The van der Waals surface area contributed by atoms with Gasteiger partial charge in [-0.25, -0.2) is 0 Å². The second kappa shape index (κ2) is 5.18. The summed E-state index contributed by atoms with van der Waals surface area (Å²) in [5, 5.41) is 4.39. The maximum absolute atomic E-state index is 6.12. The van der Waals surface area contributed by atoms with Crippen LogP contribution in [0.25, 0.3) is 0 Å². The van der Waals surface area contributed by atoms with Crippen LogP contribution in [0.5, 0.6) is 0 Å². The molecular formula is C13H25N5. The molecule has 0 amide bonds. The van der Waals surface area contributed by atoms with Crippen LogP contribution < -0.4 is 10.6 Å². The normalized spacial score (nSPS) is 17.7. The van der Waals surface area contributed by atoms with Gasteiger partial charge < -0.3 is 15.5 Å². The molecule has 1 saturated heterocycles. The first-order valence-corrected chi connectivity index (χ1v) is 6.67. The predicted octanol–water partition coefficient (Wildman–Crippen LogP) is 1.09. The van der Waals surface area contributed by atoms with Crippen molar-refractivity contribution in [2.45, 2.75) is 19.8 Å². The largest absolute Gasteiger partial charge is 0.394 e. The first-order valence-electron chi connectivity index (χ1n) is 6.67. The molecule has 5 heteroatoms. The molecule has 0 aromatic carbocycles. The van der Waals surface area contributed by atoms with Crippen LogP contribution in [-0.4, -0.2) is 48.4 Å². The molecule has 2 N–H and O–H groups in total. The third-order valence-corrected chi connectivity index (χ3v) is 3.77. The first kappa shape index (κ1) is 13.2. The van der Waals surface area contributed by atoms with Gasteiger partial charge in [0.05, 0.1) is 11.4 Å². The molecule has 1 aliphatic heterocycles. The van der Waals surface area contributed by atoms with Crippen molar-refractivity contribution in [1.82, 2.24) is 14.7 Å². The third-order valence-electron chi connectivity index (χ3n) is 3.77. The van der Waals surface area contributed by atoms with Crippen molar-refractivity contribution >= 4 is 11.5 Å². The van der Waals surface area contributed by atoms with E-state index in [1.807, 2.05) is 18.7 Å². The summed E-state index contributed by atoms with van der Waals surface area (Å²) in [6.45, 7) is 5.33. The summed E-state index contributed by atoms with van der Waals surface area (Å²) in [4.78, 5) is 4.66. The maximum Gasteiger partial charge on any atom is 0.150 e. The van der Waals surface area contributed by atoms with Crippen LogP contribution in [0.3, 0.4) is 0 Å². The Balaban J connectivity index is 2.01. The van der Waals surface area contributed by atoms with Crippen molar-refractivity contribution in [3.05, 3.63) is 5.69 Å². The number of aryl methyl sites for hydroxylation is 2. The number of hydrogen-bond donors (Lipinski definition) is 1. The SMILES string of the molecule is Cc1nn(C)c(N2CCC(CN(C)C)CC2)c1N. The Morgan fingerprint density at radius 1 is 1.33 bits per heavy atom. The van der Waals surface area contributed by atoms with Gasteiger partial charge in [0.1, 0.15) is 5.82 Å². The number of aromatic nitrogens is 2. The van der Waals surface area contributed by atoms with Gasteiger partial charge in [-0.1, -0.05) is 0 Å². The molecule has 1 aromatic heterocycles. The second-order valence-corrected chi connectivity index (χ2v) is 5.64. The molecule has 0 radical (unpaired) electrons. The van der Waals surface area contributed by atoms with Gasteiger partial charge in [-0.15, -0.1) is 0 Å². The standard InChI is InChI=1S/C13H25N5/c1-10-12(14)13(17(4)15-10)18-7-5-11(6-8-18)9-16(2)3/h11H,5-9,14H2,1-4H3. The number of nitrogens with two attached hydrogens (primary N) is 1. The van der Waals surface area contributed by atoms with E-state index in [1.165, 1.54) is 19.4 Å². The average Bonchev–Trinajstić information content (AvgIpc) is 2.54. The fourth-order valence-electron chi connectivity index (χ4n) is 2.88. The molecule has 1 aliphatic rings. The van der Waals surface area contributed by atoms with Crippen molar-refractivity contribution in [2.24, 2.45) is 13.0 Å². The molecule has 5 nitrogen and oxygen atoms in total. The number of rotatable bonds is 3. The van der Waals surface area contributed by atoms with Crippen LogP contribution in [0, 0.1) is 12.8 Å². The third kappa shape index (κ3) is 2.61. The van der Waals surface area contributed by atoms with Gasteiger partial charge in [0.2, 0.25) is 0 Å². The molecule has 0 saturated carbocycles. The van der Waals surface area contributed by atoms with E-state index in [4.69, 9.17) is 5.73 Å². The van der Waals surface area contributed by atoms with Crippen molar-refractivity contribution in [3.63, 3.8) is 0 Å². The monoisotopic (exact) mass is 251 g/mol. The van der Waals surface area contributed by atoms with Crippen LogP contribution in [0.2, 0.25) is 0 Å². The van der Waals surface area contributed by atoms with E-state index in [0.717, 1.165) is 36.2 Å². The summed E-state index contributed by atoms with van der Waals surface area (Å²) in [6.07, 6.45) is 2.48. The van der Waals surface area contributed by atoms with Crippen molar-refractivity contribution in [2.75, 3.05) is 44.4 Å². The zero-order valence-corrected chi connectivity index (χ0v) is 12.0. The molecular weight excluding hydrogens is 226 g/mol. The van der Waals surface area contributed by atoms with E-state index in [9.17, 15) is 0 Å². The van der Waals surface area contributed by atoms with Gasteiger partial charge in [-0.3, -0.25) is 4.68 Å². The quantitative estimate of drug-likeness (QED) is 0.873. The second-order valence-electron chi connectivity index (χ2n) is 5.64. The van der Waals surface area contributed by atoms with Crippen LogP contribution in [0.15, 0.2) is 0 Å². The topological polar surface area (TPSA) is 50.3 Å². The lowest BCUT2D eigenvalue weighted by molar-refractivity contribution is 0.284. The molecule has 0 atom stereocenters. The Hall–Kier alpha value is -1.23. The molecule has 0 spiro atoms. The van der Waals surface area contributed by atoms with Crippen LogP contribution >= 0.6 is 0 Å². The van der Waals surface area contributed by atoms with Crippen molar-refractivity contribution < 1.29 is 0 Å². The fourth-order valence-corrected chi connectivity index (χ4v) is 2.88. The smallest absolute Gasteiger partial charge is 0.150 e. The minimum Gasteiger partial charge on any atom is -0.394 e. The molecule has 2 heterocycles. The fraction of sp³-hybridized carbons (Fsp3) is 0.769. The van der Waals surface area contributed by atoms with Crippen molar-refractivity contribution in [1.29, 1.82) is 0 Å². The Kier molecular flexibility index (Phi) is 3.80. The Morgan fingerprint density at radius 2 is 1.94 bits per heavy atom. The van der Waals surface area contributed by atoms with Crippen molar-refractivity contribution in [3.8, 4) is 0 Å². The summed E-state index contributed by atoms with van der Waals surface area (Å²) in [6, 6.07) is 0. The van der Waals surface area contributed by atoms with E-state index in [0.29, 0.717) is 0 Å². The molecule has 1 aromatic rings. The maximum atomic E-state index is 6.12. The number of nitrogens with zero attached hydrogens (tertiary/aromatic N) is 4. The Bertz CT molecular complexity index is 402. The van der Waals surface area contributed by atoms with Gasteiger partial charge >= 0.3 is 0 Å². The molecule has 18 heavy (non-hydrogen) atoms. The summed E-state index contributed by atoms with van der Waals surface area (Å²) >= 11 is 0. The lowest BCUT2D eigenvalue weighted by atomic mass is 9.96. The molecule has 0 unspecified atom stereocenters. The van der Waals surface area contributed by atoms with Gasteiger partial charge in [0, 0.05) is 26.7 Å². The number of anilines is 2. The minimum absolute atomic E-state index is 0.812. The average molecular weight is 251 g/mol. The summed E-state index contributed by atoms with van der Waals surface area (Å²) in [5.74, 6) is 1.91. The van der Waals surface area contributed by atoms with E-state index in [1.54, 1.807) is 0 Å². The number of hydrogen-bond acceptors (Lipinski definition) is 4. The van der Waals surface area contributed by atoms with E-state index >= 15 is 0 Å². The van der Waals surface area contributed by atoms with E-state index in [-0.39, 0.29) is 0 Å². The van der Waals surface area contributed by atoms with Gasteiger partial charge in [-0.05, 0) is 39.8 Å². The molecule has 1 fully saturated rings. The molecule has 0 aliphatic carbocycles. The summed E-state index contributed by atoms with van der Waals surface area (Å²) in [5.41, 5.74) is 7.89. The Labute approximate surface area is 110 Å².